The largest absolute Gasteiger partial charge is 0.497 e. The number of aromatic nitrogens is 1. The third kappa shape index (κ3) is 3.92. The van der Waals surface area contributed by atoms with Gasteiger partial charge in [-0.2, -0.15) is 0 Å². The van der Waals surface area contributed by atoms with Gasteiger partial charge < -0.3 is 20.2 Å². The lowest BCUT2D eigenvalue weighted by Gasteiger charge is -2.15. The number of hydrogen-bond donors (Lipinski definition) is 2. The normalized spacial score (nSPS) is 11.7. The molecule has 0 radical (unpaired) electrons. The van der Waals surface area contributed by atoms with E-state index in [9.17, 15) is 8.42 Å². The molecule has 0 amide bonds. The SMILES string of the molecule is COc1ccc(S(=O)(=O)c2c(-c3ccc4ccccc4c3)ccc3[nH]c(OC)c(CCN)c23)cc1. The Labute approximate surface area is 204 Å². The lowest BCUT2D eigenvalue weighted by atomic mass is 9.98. The van der Waals surface area contributed by atoms with Crippen LogP contribution in [-0.4, -0.2) is 34.2 Å². The van der Waals surface area contributed by atoms with Crippen molar-refractivity contribution in [3.8, 4) is 22.8 Å². The van der Waals surface area contributed by atoms with Gasteiger partial charge in [-0.1, -0.05) is 42.5 Å². The minimum absolute atomic E-state index is 0.187. The number of nitrogens with one attached hydrogen (secondary N) is 1. The zero-order valence-electron chi connectivity index (χ0n) is 19.5. The van der Waals surface area contributed by atoms with Crippen LogP contribution in [0.15, 0.2) is 88.7 Å². The van der Waals surface area contributed by atoms with E-state index in [0.717, 1.165) is 21.9 Å². The average Bonchev–Trinajstić information content (AvgIpc) is 3.25. The fourth-order valence-corrected chi connectivity index (χ4v) is 6.30. The van der Waals surface area contributed by atoms with Gasteiger partial charge in [-0.05, 0) is 65.7 Å². The average molecular weight is 487 g/mol. The Morgan fingerprint density at radius 1 is 0.857 bits per heavy atom. The van der Waals surface area contributed by atoms with Gasteiger partial charge in [-0.15, -0.1) is 0 Å². The molecule has 5 rings (SSSR count). The molecule has 0 aliphatic carbocycles. The van der Waals surface area contributed by atoms with Crippen molar-refractivity contribution in [3.63, 3.8) is 0 Å². The monoisotopic (exact) mass is 486 g/mol. The summed E-state index contributed by atoms with van der Waals surface area (Å²) in [5.74, 6) is 1.11. The molecule has 7 heteroatoms. The van der Waals surface area contributed by atoms with Gasteiger partial charge >= 0.3 is 0 Å². The predicted molar refractivity (Wildman–Crippen MR) is 139 cm³/mol. The van der Waals surface area contributed by atoms with Crippen LogP contribution in [0, 0.1) is 0 Å². The molecule has 178 valence electrons. The van der Waals surface area contributed by atoms with E-state index in [1.54, 1.807) is 38.5 Å². The highest BCUT2D eigenvalue weighted by molar-refractivity contribution is 7.91. The van der Waals surface area contributed by atoms with Crippen molar-refractivity contribution in [2.75, 3.05) is 20.8 Å². The van der Waals surface area contributed by atoms with Gasteiger partial charge in [0.15, 0.2) is 5.88 Å². The minimum atomic E-state index is -3.93. The van der Waals surface area contributed by atoms with Crippen LogP contribution in [0.4, 0.5) is 0 Å². The molecule has 0 bridgehead atoms. The number of ether oxygens (including phenoxy) is 2. The van der Waals surface area contributed by atoms with Crippen LogP contribution >= 0.6 is 0 Å². The van der Waals surface area contributed by atoms with Crippen molar-refractivity contribution in [3.05, 3.63) is 84.4 Å². The lowest BCUT2D eigenvalue weighted by Crippen LogP contribution is -2.08. The summed E-state index contributed by atoms with van der Waals surface area (Å²) in [6.07, 6.45) is 0.468. The molecule has 0 unspecified atom stereocenters. The maximum Gasteiger partial charge on any atom is 0.207 e. The first-order valence-electron chi connectivity index (χ1n) is 11.3. The van der Waals surface area contributed by atoms with E-state index in [4.69, 9.17) is 15.2 Å². The molecule has 6 nitrogen and oxygen atoms in total. The van der Waals surface area contributed by atoms with Crippen LogP contribution in [0.1, 0.15) is 5.56 Å². The summed E-state index contributed by atoms with van der Waals surface area (Å²) >= 11 is 0. The third-order valence-electron chi connectivity index (χ3n) is 6.28. The number of aromatic amines is 1. The van der Waals surface area contributed by atoms with Gasteiger partial charge in [0.2, 0.25) is 9.84 Å². The van der Waals surface area contributed by atoms with Crippen LogP contribution < -0.4 is 15.2 Å². The molecule has 0 aliphatic rings. The van der Waals surface area contributed by atoms with Crippen LogP contribution in [0.3, 0.4) is 0 Å². The summed E-state index contributed by atoms with van der Waals surface area (Å²) < 4.78 is 39.3. The highest BCUT2D eigenvalue weighted by Crippen LogP contribution is 2.42. The zero-order chi connectivity index (χ0) is 24.6. The summed E-state index contributed by atoms with van der Waals surface area (Å²) in [6, 6.07) is 24.2. The van der Waals surface area contributed by atoms with Crippen LogP contribution in [-0.2, 0) is 16.3 Å². The summed E-state index contributed by atoms with van der Waals surface area (Å²) in [6.45, 7) is 0.353. The highest BCUT2D eigenvalue weighted by atomic mass is 32.2. The molecular weight excluding hydrogens is 460 g/mol. The van der Waals surface area contributed by atoms with E-state index >= 15 is 0 Å². The zero-order valence-corrected chi connectivity index (χ0v) is 20.4. The number of H-pyrrole nitrogens is 1. The van der Waals surface area contributed by atoms with Crippen molar-refractivity contribution in [2.45, 2.75) is 16.2 Å². The van der Waals surface area contributed by atoms with E-state index in [1.807, 2.05) is 54.6 Å². The fraction of sp³-hybridized carbons (Fsp3) is 0.143. The number of rotatable bonds is 7. The number of benzene rings is 4. The maximum atomic E-state index is 14.2. The summed E-state index contributed by atoms with van der Waals surface area (Å²) in [5.41, 5.74) is 8.79. The van der Waals surface area contributed by atoms with Crippen molar-refractivity contribution in [1.82, 2.24) is 4.98 Å². The number of fused-ring (bicyclic) bond motifs is 2. The van der Waals surface area contributed by atoms with Crippen molar-refractivity contribution in [2.24, 2.45) is 5.73 Å². The quantitative estimate of drug-likeness (QED) is 0.324. The second-order valence-corrected chi connectivity index (χ2v) is 10.2. The van der Waals surface area contributed by atoms with Crippen LogP contribution in [0.5, 0.6) is 11.6 Å². The van der Waals surface area contributed by atoms with Crippen LogP contribution in [0.2, 0.25) is 0 Å². The van der Waals surface area contributed by atoms with Crippen molar-refractivity contribution < 1.29 is 17.9 Å². The molecule has 0 saturated carbocycles. The van der Waals surface area contributed by atoms with E-state index < -0.39 is 9.84 Å². The molecular formula is C28H26N2O4S. The summed E-state index contributed by atoms with van der Waals surface area (Å²) in [4.78, 5) is 3.65. The van der Waals surface area contributed by atoms with Crippen LogP contribution in [0.25, 0.3) is 32.8 Å². The lowest BCUT2D eigenvalue weighted by molar-refractivity contribution is 0.397. The number of nitrogens with two attached hydrogens (primary N) is 1. The second kappa shape index (κ2) is 9.09. The number of sulfone groups is 1. The Morgan fingerprint density at radius 3 is 2.29 bits per heavy atom. The Hall–Kier alpha value is -3.81. The minimum Gasteiger partial charge on any atom is -0.497 e. The van der Waals surface area contributed by atoms with Gasteiger partial charge in [0.25, 0.3) is 0 Å². The smallest absolute Gasteiger partial charge is 0.207 e. The number of hydrogen-bond acceptors (Lipinski definition) is 5. The molecule has 1 heterocycles. The van der Waals surface area contributed by atoms with Gasteiger partial charge in [0, 0.05) is 22.0 Å². The maximum absolute atomic E-state index is 14.2. The third-order valence-corrected chi connectivity index (χ3v) is 8.13. The molecule has 4 aromatic carbocycles. The van der Waals surface area contributed by atoms with Crippen molar-refractivity contribution in [1.29, 1.82) is 0 Å². The van der Waals surface area contributed by atoms with Crippen molar-refractivity contribution >= 4 is 31.5 Å². The van der Waals surface area contributed by atoms with Gasteiger partial charge in [-0.25, -0.2) is 8.42 Å². The molecule has 3 N–H and O–H groups in total. The Kier molecular flexibility index (Phi) is 5.96. The molecule has 0 saturated heterocycles. The van der Waals surface area contributed by atoms with Gasteiger partial charge in [0.05, 0.1) is 24.0 Å². The molecule has 1 aromatic heterocycles. The summed E-state index contributed by atoms with van der Waals surface area (Å²) in [5, 5.41) is 2.73. The fourth-order valence-electron chi connectivity index (χ4n) is 4.59. The number of methoxy groups -OCH3 is 2. The standard InChI is InChI=1S/C28H26N2O4S/c1-33-21-9-11-22(12-10-21)35(31,32)27-23(20-8-7-18-5-3-4-6-19(18)17-20)13-14-25-26(27)24(15-16-29)28(30-25)34-2/h3-14,17,30H,15-16,29H2,1-2H3. The van der Waals surface area contributed by atoms with E-state index in [2.05, 4.69) is 4.98 Å². The predicted octanol–water partition coefficient (Wildman–Crippen LogP) is 5.34. The first kappa shape index (κ1) is 23.0. The van der Waals surface area contributed by atoms with Gasteiger partial charge in [-0.3, -0.25) is 0 Å². The Balaban J connectivity index is 1.86. The highest BCUT2D eigenvalue weighted by Gasteiger charge is 2.29. The molecule has 0 atom stereocenters. The molecule has 0 fully saturated rings. The Bertz CT molecular complexity index is 1640. The summed E-state index contributed by atoms with van der Waals surface area (Å²) in [7, 11) is -0.819. The van der Waals surface area contributed by atoms with Gasteiger partial charge in [0.1, 0.15) is 5.75 Å². The molecule has 5 aromatic rings. The molecule has 35 heavy (non-hydrogen) atoms. The van der Waals surface area contributed by atoms with E-state index in [0.29, 0.717) is 41.1 Å². The Morgan fingerprint density at radius 2 is 1.60 bits per heavy atom. The first-order chi connectivity index (χ1) is 17.0. The molecule has 0 aliphatic heterocycles. The topological polar surface area (TPSA) is 94.4 Å². The second-order valence-electron chi connectivity index (χ2n) is 8.28. The first-order valence-corrected chi connectivity index (χ1v) is 12.8. The molecule has 0 spiro atoms. The van der Waals surface area contributed by atoms with E-state index in [1.165, 1.54) is 0 Å². The van der Waals surface area contributed by atoms with E-state index in [-0.39, 0.29) is 9.79 Å².